The van der Waals surface area contributed by atoms with E-state index in [1.165, 1.54) is 25.7 Å². The van der Waals surface area contributed by atoms with Crippen molar-refractivity contribution in [2.45, 2.75) is 63.2 Å². The van der Waals surface area contributed by atoms with Crippen LogP contribution in [0.1, 0.15) is 50.2 Å². The summed E-state index contributed by atoms with van der Waals surface area (Å²) in [5, 5.41) is 5.28. The first-order chi connectivity index (χ1) is 10.2. The van der Waals surface area contributed by atoms with Gasteiger partial charge in [-0.25, -0.2) is 9.67 Å². The van der Waals surface area contributed by atoms with Crippen LogP contribution in [-0.4, -0.2) is 30.8 Å². The minimum Gasteiger partial charge on any atom is -0.308 e. The molecule has 0 amide bonds. The molecule has 3 rings (SSSR count). The molecule has 2 atom stereocenters. The van der Waals surface area contributed by atoms with Gasteiger partial charge in [-0.05, 0) is 32.9 Å². The predicted octanol–water partition coefficient (Wildman–Crippen LogP) is 4.15. The van der Waals surface area contributed by atoms with Gasteiger partial charge in [-0.15, -0.1) is 11.6 Å². The number of halogens is 1. The SMILES string of the molecule is CCn1nc(C)c2nc(CCl)n(C3CCCCC3SC)c21. The van der Waals surface area contributed by atoms with E-state index in [4.69, 9.17) is 16.6 Å². The minimum atomic E-state index is 0.468. The first-order valence-electron chi connectivity index (χ1n) is 7.74. The van der Waals surface area contributed by atoms with Crippen LogP contribution < -0.4 is 0 Å². The Morgan fingerprint density at radius 1 is 1.33 bits per heavy atom. The fourth-order valence-electron chi connectivity index (χ4n) is 3.55. The summed E-state index contributed by atoms with van der Waals surface area (Å²) in [6.07, 6.45) is 7.35. The first-order valence-corrected chi connectivity index (χ1v) is 9.56. The van der Waals surface area contributed by atoms with Crippen LogP contribution in [0.15, 0.2) is 0 Å². The van der Waals surface area contributed by atoms with Gasteiger partial charge in [-0.3, -0.25) is 0 Å². The monoisotopic (exact) mass is 326 g/mol. The summed E-state index contributed by atoms with van der Waals surface area (Å²) < 4.78 is 4.48. The van der Waals surface area contributed by atoms with Gasteiger partial charge in [0.15, 0.2) is 5.65 Å². The number of thioether (sulfide) groups is 1. The molecule has 116 valence electrons. The molecule has 21 heavy (non-hydrogen) atoms. The van der Waals surface area contributed by atoms with Gasteiger partial charge < -0.3 is 4.57 Å². The zero-order valence-corrected chi connectivity index (χ0v) is 14.5. The molecule has 4 nitrogen and oxygen atoms in total. The molecule has 0 radical (unpaired) electrons. The van der Waals surface area contributed by atoms with Gasteiger partial charge in [-0.1, -0.05) is 12.8 Å². The molecule has 6 heteroatoms. The molecule has 1 aliphatic carbocycles. The molecule has 1 saturated carbocycles. The molecule has 0 bridgehead atoms. The van der Waals surface area contributed by atoms with Gasteiger partial charge in [0, 0.05) is 17.8 Å². The van der Waals surface area contributed by atoms with E-state index in [9.17, 15) is 0 Å². The molecule has 1 fully saturated rings. The molecule has 0 aromatic carbocycles. The second-order valence-corrected chi connectivity index (χ2v) is 7.08. The minimum absolute atomic E-state index is 0.468. The summed E-state index contributed by atoms with van der Waals surface area (Å²) in [6.45, 7) is 5.04. The number of nitrogens with zero attached hydrogens (tertiary/aromatic N) is 4. The van der Waals surface area contributed by atoms with Crippen molar-refractivity contribution in [3.63, 3.8) is 0 Å². The smallest absolute Gasteiger partial charge is 0.159 e. The molecule has 0 spiro atoms. The van der Waals surface area contributed by atoms with Crippen LogP contribution in [0.2, 0.25) is 0 Å². The van der Waals surface area contributed by atoms with Crippen LogP contribution >= 0.6 is 23.4 Å². The number of rotatable bonds is 4. The number of alkyl halides is 1. The highest BCUT2D eigenvalue weighted by atomic mass is 35.5. The highest BCUT2D eigenvalue weighted by Gasteiger charge is 2.30. The Morgan fingerprint density at radius 2 is 2.10 bits per heavy atom. The fraction of sp³-hybridized carbons (Fsp3) is 0.733. The molecular formula is C15H23ClN4S. The summed E-state index contributed by atoms with van der Waals surface area (Å²) in [5.74, 6) is 1.47. The first kappa shape index (κ1) is 15.2. The van der Waals surface area contributed by atoms with E-state index in [1.807, 2.05) is 18.7 Å². The van der Waals surface area contributed by atoms with E-state index in [0.29, 0.717) is 17.2 Å². The van der Waals surface area contributed by atoms with Crippen LogP contribution in [0.25, 0.3) is 11.2 Å². The Balaban J connectivity index is 2.19. The second kappa shape index (κ2) is 6.21. The second-order valence-electron chi connectivity index (χ2n) is 5.73. The Labute approximate surface area is 135 Å². The summed E-state index contributed by atoms with van der Waals surface area (Å²) in [5.41, 5.74) is 3.20. The van der Waals surface area contributed by atoms with Crippen molar-refractivity contribution < 1.29 is 0 Å². The molecule has 2 heterocycles. The molecule has 0 saturated heterocycles. The Hall–Kier alpha value is -0.680. The van der Waals surface area contributed by atoms with Crippen LogP contribution in [0.4, 0.5) is 0 Å². The zero-order chi connectivity index (χ0) is 15.0. The van der Waals surface area contributed by atoms with Crippen LogP contribution in [0.5, 0.6) is 0 Å². The zero-order valence-electron chi connectivity index (χ0n) is 13.0. The summed E-state index contributed by atoms with van der Waals surface area (Å²) in [4.78, 5) is 4.78. The largest absolute Gasteiger partial charge is 0.308 e. The van der Waals surface area contributed by atoms with Crippen LogP contribution in [-0.2, 0) is 12.4 Å². The van der Waals surface area contributed by atoms with Crippen molar-refractivity contribution in [3.8, 4) is 0 Å². The lowest BCUT2D eigenvalue weighted by atomic mass is 9.94. The van der Waals surface area contributed by atoms with E-state index in [-0.39, 0.29) is 0 Å². The summed E-state index contributed by atoms with van der Waals surface area (Å²) in [7, 11) is 0. The van der Waals surface area contributed by atoms with E-state index in [2.05, 4.69) is 27.5 Å². The van der Waals surface area contributed by atoms with Gasteiger partial charge in [-0.2, -0.15) is 16.9 Å². The number of aromatic nitrogens is 4. The molecule has 2 unspecified atom stereocenters. The summed E-state index contributed by atoms with van der Waals surface area (Å²) >= 11 is 8.18. The third-order valence-electron chi connectivity index (χ3n) is 4.54. The number of imidazole rings is 1. The van der Waals surface area contributed by atoms with Gasteiger partial charge in [0.05, 0.1) is 11.6 Å². The topological polar surface area (TPSA) is 35.6 Å². The van der Waals surface area contributed by atoms with Gasteiger partial charge in [0.25, 0.3) is 0 Å². The molecule has 0 aliphatic heterocycles. The van der Waals surface area contributed by atoms with Crippen molar-refractivity contribution in [2.75, 3.05) is 6.26 Å². The number of fused-ring (bicyclic) bond motifs is 1. The number of hydrogen-bond acceptors (Lipinski definition) is 3. The van der Waals surface area contributed by atoms with E-state index >= 15 is 0 Å². The third kappa shape index (κ3) is 2.48. The molecule has 1 aliphatic rings. The van der Waals surface area contributed by atoms with Crippen molar-refractivity contribution in [1.29, 1.82) is 0 Å². The quantitative estimate of drug-likeness (QED) is 0.792. The Kier molecular flexibility index (Phi) is 4.50. The lowest BCUT2D eigenvalue weighted by Gasteiger charge is -2.32. The van der Waals surface area contributed by atoms with Crippen LogP contribution in [0.3, 0.4) is 0 Å². The standard InChI is InChI=1S/C15H23ClN4S/c1-4-19-15-14(10(2)18-19)17-13(9-16)20(15)11-7-5-6-8-12(11)21-3/h11-12H,4-9H2,1-3H3. The van der Waals surface area contributed by atoms with E-state index in [1.54, 1.807) is 0 Å². The van der Waals surface area contributed by atoms with Gasteiger partial charge in [0.2, 0.25) is 0 Å². The highest BCUT2D eigenvalue weighted by molar-refractivity contribution is 7.99. The van der Waals surface area contributed by atoms with Gasteiger partial charge in [0.1, 0.15) is 11.3 Å². The Bertz CT molecular complexity index is 633. The normalized spacial score (nSPS) is 23.0. The van der Waals surface area contributed by atoms with Crippen LogP contribution in [0, 0.1) is 6.92 Å². The maximum Gasteiger partial charge on any atom is 0.159 e. The highest BCUT2D eigenvalue weighted by Crippen LogP contribution is 2.39. The molecule has 2 aromatic heterocycles. The summed E-state index contributed by atoms with van der Waals surface area (Å²) in [6, 6.07) is 0.494. The number of aryl methyl sites for hydroxylation is 2. The lowest BCUT2D eigenvalue weighted by molar-refractivity contribution is 0.361. The average Bonchev–Trinajstić information content (AvgIpc) is 3.04. The molecular weight excluding hydrogens is 304 g/mol. The van der Waals surface area contributed by atoms with Crippen molar-refractivity contribution in [3.05, 3.63) is 11.5 Å². The van der Waals surface area contributed by atoms with E-state index in [0.717, 1.165) is 29.2 Å². The van der Waals surface area contributed by atoms with Crippen molar-refractivity contribution >= 4 is 34.5 Å². The van der Waals surface area contributed by atoms with E-state index < -0.39 is 0 Å². The van der Waals surface area contributed by atoms with Gasteiger partial charge >= 0.3 is 0 Å². The maximum absolute atomic E-state index is 6.20. The van der Waals surface area contributed by atoms with Crippen molar-refractivity contribution in [1.82, 2.24) is 19.3 Å². The molecule has 2 aromatic rings. The van der Waals surface area contributed by atoms with Crippen molar-refractivity contribution in [2.24, 2.45) is 0 Å². The average molecular weight is 327 g/mol. The Morgan fingerprint density at radius 3 is 2.76 bits per heavy atom. The molecule has 0 N–H and O–H groups in total. The predicted molar refractivity (Wildman–Crippen MR) is 90.3 cm³/mol. The fourth-order valence-corrected chi connectivity index (χ4v) is 4.71. The number of hydrogen-bond donors (Lipinski definition) is 0. The maximum atomic E-state index is 6.20. The lowest BCUT2D eigenvalue weighted by Crippen LogP contribution is -2.27. The third-order valence-corrected chi connectivity index (χ3v) is 5.93.